The molecule has 0 radical (unpaired) electrons. The molecule has 0 saturated heterocycles. The molecule has 0 spiro atoms. The van der Waals surface area contributed by atoms with E-state index in [1.54, 1.807) is 12.1 Å². The highest BCUT2D eigenvalue weighted by atomic mass is 35.5. The third kappa shape index (κ3) is 1.55. The van der Waals surface area contributed by atoms with E-state index in [2.05, 4.69) is 4.98 Å². The van der Waals surface area contributed by atoms with Gasteiger partial charge < -0.3 is 4.74 Å². The van der Waals surface area contributed by atoms with Gasteiger partial charge >= 0.3 is 5.69 Å². The number of H-pyrrole nitrogens is 1. The van der Waals surface area contributed by atoms with Crippen LogP contribution in [0.15, 0.2) is 27.8 Å². The van der Waals surface area contributed by atoms with Crippen molar-refractivity contribution in [2.75, 3.05) is 0 Å². The molecule has 1 aliphatic heterocycles. The molecule has 0 aliphatic carbocycles. The second-order valence-electron chi connectivity index (χ2n) is 4.13. The van der Waals surface area contributed by atoms with Crippen LogP contribution in [0, 0.1) is 0 Å². The summed E-state index contributed by atoms with van der Waals surface area (Å²) in [5, 5.41) is 0.545. The quantitative estimate of drug-likeness (QED) is 0.668. The number of halogens is 1. The number of nitrogens with one attached hydrogen (secondary N) is 1. The first kappa shape index (κ1) is 11.1. The van der Waals surface area contributed by atoms with Crippen molar-refractivity contribution in [3.05, 3.63) is 55.2 Å². The predicted molar refractivity (Wildman–Crippen MR) is 66.6 cm³/mol. The van der Waals surface area contributed by atoms with Crippen LogP contribution in [-0.2, 0) is 13.5 Å². The van der Waals surface area contributed by atoms with Crippen molar-refractivity contribution in [1.82, 2.24) is 9.55 Å². The Hall–Kier alpha value is -2.01. The minimum absolute atomic E-state index is 0.206. The number of ether oxygens (including phenoxy) is 1. The van der Waals surface area contributed by atoms with E-state index in [4.69, 9.17) is 16.3 Å². The zero-order valence-corrected chi connectivity index (χ0v) is 10.2. The number of hydrogen-bond donors (Lipinski definition) is 1. The molecule has 1 aliphatic rings. The Balaban J connectivity index is 2.23. The summed E-state index contributed by atoms with van der Waals surface area (Å²) < 4.78 is 6.55. The minimum atomic E-state index is -0.496. The summed E-state index contributed by atoms with van der Waals surface area (Å²) >= 11 is 5.87. The fourth-order valence-electron chi connectivity index (χ4n) is 1.96. The van der Waals surface area contributed by atoms with Crippen LogP contribution in [0.2, 0.25) is 5.02 Å². The maximum Gasteiger partial charge on any atom is 0.330 e. The maximum atomic E-state index is 11.9. The van der Waals surface area contributed by atoms with E-state index in [1.165, 1.54) is 7.05 Å². The average molecular weight is 265 g/mol. The summed E-state index contributed by atoms with van der Waals surface area (Å²) in [6, 6.07) is 5.21. The number of benzene rings is 1. The van der Waals surface area contributed by atoms with Crippen molar-refractivity contribution in [3.8, 4) is 11.6 Å². The molecule has 6 heteroatoms. The van der Waals surface area contributed by atoms with Gasteiger partial charge in [-0.05, 0) is 17.7 Å². The van der Waals surface area contributed by atoms with Gasteiger partial charge in [-0.15, -0.1) is 0 Å². The van der Waals surface area contributed by atoms with E-state index in [9.17, 15) is 9.59 Å². The lowest BCUT2D eigenvalue weighted by atomic mass is 10.0. The van der Waals surface area contributed by atoms with E-state index in [1.807, 2.05) is 6.07 Å². The normalized spacial score (nSPS) is 12.6. The first-order valence-corrected chi connectivity index (χ1v) is 5.72. The lowest BCUT2D eigenvalue weighted by Gasteiger charge is -2.19. The van der Waals surface area contributed by atoms with Crippen LogP contribution in [0.25, 0.3) is 0 Å². The zero-order chi connectivity index (χ0) is 12.9. The molecule has 0 bridgehead atoms. The molecule has 0 atom stereocenters. The van der Waals surface area contributed by atoms with E-state index < -0.39 is 5.69 Å². The molecular formula is C12H9ClN2O3. The van der Waals surface area contributed by atoms with Crippen LogP contribution < -0.4 is 16.0 Å². The number of rotatable bonds is 0. The first-order chi connectivity index (χ1) is 8.56. The maximum absolute atomic E-state index is 11.9. The number of nitrogens with zero attached hydrogens (tertiary/aromatic N) is 1. The predicted octanol–water partition coefficient (Wildman–Crippen LogP) is 1.42. The lowest BCUT2D eigenvalue weighted by molar-refractivity contribution is 0.430. The molecule has 2 heterocycles. The van der Waals surface area contributed by atoms with Gasteiger partial charge in [-0.1, -0.05) is 17.7 Å². The van der Waals surface area contributed by atoms with Crippen LogP contribution in [0.3, 0.4) is 0 Å². The largest absolute Gasteiger partial charge is 0.440 e. The van der Waals surface area contributed by atoms with Crippen molar-refractivity contribution in [2.24, 2.45) is 7.05 Å². The third-order valence-electron chi connectivity index (χ3n) is 2.97. The smallest absolute Gasteiger partial charge is 0.330 e. The van der Waals surface area contributed by atoms with Crippen LogP contribution in [-0.4, -0.2) is 9.55 Å². The van der Waals surface area contributed by atoms with Crippen LogP contribution in [0.4, 0.5) is 0 Å². The van der Waals surface area contributed by atoms with Gasteiger partial charge in [-0.3, -0.25) is 14.3 Å². The van der Waals surface area contributed by atoms with Gasteiger partial charge in [0.25, 0.3) is 5.56 Å². The van der Waals surface area contributed by atoms with Gasteiger partial charge in [0.05, 0.1) is 5.56 Å². The molecular weight excluding hydrogens is 256 g/mol. The van der Waals surface area contributed by atoms with Gasteiger partial charge in [-0.2, -0.15) is 0 Å². The molecule has 0 amide bonds. The minimum Gasteiger partial charge on any atom is -0.440 e. The summed E-state index contributed by atoms with van der Waals surface area (Å²) in [5.74, 6) is 0.775. The van der Waals surface area contributed by atoms with Gasteiger partial charge in [0, 0.05) is 18.5 Å². The molecule has 0 unspecified atom stereocenters. The number of aromatic amines is 1. The van der Waals surface area contributed by atoms with Crippen molar-refractivity contribution in [2.45, 2.75) is 6.42 Å². The Morgan fingerprint density at radius 1 is 1.39 bits per heavy atom. The summed E-state index contributed by atoms with van der Waals surface area (Å²) in [4.78, 5) is 26.0. The SMILES string of the molecule is Cn1c(=O)[nH]c2c(c1=O)Cc1ccc(Cl)cc1O2. The van der Waals surface area contributed by atoms with Crippen molar-refractivity contribution in [3.63, 3.8) is 0 Å². The van der Waals surface area contributed by atoms with Gasteiger partial charge in [0.1, 0.15) is 5.75 Å². The Labute approximate surface area is 107 Å². The van der Waals surface area contributed by atoms with E-state index in [-0.39, 0.29) is 11.4 Å². The average Bonchev–Trinajstić information content (AvgIpc) is 2.34. The Bertz CT molecular complexity index is 761. The summed E-state index contributed by atoms with van der Waals surface area (Å²) in [5.41, 5.74) is 0.488. The molecule has 1 aromatic heterocycles. The summed E-state index contributed by atoms with van der Waals surface area (Å²) in [6.45, 7) is 0. The third-order valence-corrected chi connectivity index (χ3v) is 3.21. The van der Waals surface area contributed by atoms with E-state index in [0.29, 0.717) is 22.8 Å². The zero-order valence-electron chi connectivity index (χ0n) is 9.49. The molecule has 92 valence electrons. The van der Waals surface area contributed by atoms with E-state index in [0.717, 1.165) is 10.1 Å². The summed E-state index contributed by atoms with van der Waals surface area (Å²) in [7, 11) is 1.43. The number of aromatic nitrogens is 2. The molecule has 18 heavy (non-hydrogen) atoms. The van der Waals surface area contributed by atoms with Crippen LogP contribution in [0.1, 0.15) is 11.1 Å². The van der Waals surface area contributed by atoms with Gasteiger partial charge in [0.15, 0.2) is 0 Å². The number of fused-ring (bicyclic) bond motifs is 2. The molecule has 3 rings (SSSR count). The van der Waals surface area contributed by atoms with Crippen molar-refractivity contribution < 1.29 is 4.74 Å². The molecule has 1 aromatic carbocycles. The fraction of sp³-hybridized carbons (Fsp3) is 0.167. The van der Waals surface area contributed by atoms with Crippen molar-refractivity contribution >= 4 is 11.6 Å². The highest BCUT2D eigenvalue weighted by molar-refractivity contribution is 6.30. The summed E-state index contributed by atoms with van der Waals surface area (Å²) in [6.07, 6.45) is 0.422. The Kier molecular flexibility index (Phi) is 2.31. The highest BCUT2D eigenvalue weighted by Crippen LogP contribution is 2.34. The monoisotopic (exact) mass is 264 g/mol. The van der Waals surface area contributed by atoms with Crippen LogP contribution >= 0.6 is 11.6 Å². The highest BCUT2D eigenvalue weighted by Gasteiger charge is 2.22. The Morgan fingerprint density at radius 3 is 2.94 bits per heavy atom. The molecule has 1 N–H and O–H groups in total. The molecule has 2 aromatic rings. The topological polar surface area (TPSA) is 64.1 Å². The standard InChI is InChI=1S/C12H9ClN2O3/c1-15-11(16)8-4-6-2-3-7(13)5-9(6)18-10(8)14-12(15)17/h2-3,5H,4H2,1H3,(H,14,17). The fourth-order valence-corrected chi connectivity index (χ4v) is 2.12. The van der Waals surface area contributed by atoms with Crippen molar-refractivity contribution in [1.29, 1.82) is 0 Å². The van der Waals surface area contributed by atoms with Gasteiger partial charge in [-0.25, -0.2) is 4.79 Å². The molecule has 5 nitrogen and oxygen atoms in total. The second kappa shape index (κ2) is 3.74. The molecule has 0 fully saturated rings. The second-order valence-corrected chi connectivity index (χ2v) is 4.57. The molecule has 0 saturated carbocycles. The van der Waals surface area contributed by atoms with E-state index >= 15 is 0 Å². The van der Waals surface area contributed by atoms with Gasteiger partial charge in [0.2, 0.25) is 5.88 Å². The Morgan fingerprint density at radius 2 is 2.17 bits per heavy atom. The number of hydrogen-bond acceptors (Lipinski definition) is 3. The van der Waals surface area contributed by atoms with Crippen LogP contribution in [0.5, 0.6) is 11.6 Å². The first-order valence-electron chi connectivity index (χ1n) is 5.35. The lowest BCUT2D eigenvalue weighted by Crippen LogP contribution is -2.36.